The molecule has 0 amide bonds. The molecule has 1 atom stereocenters. The van der Waals surface area contributed by atoms with Crippen molar-refractivity contribution in [1.29, 1.82) is 0 Å². The number of carboxylic acids is 1. The molecule has 5 nitrogen and oxygen atoms in total. The van der Waals surface area contributed by atoms with Crippen LogP contribution in [0.3, 0.4) is 0 Å². The number of nitrogens with zero attached hydrogens (tertiary/aromatic N) is 2. The minimum absolute atomic E-state index is 0.0640. The fraction of sp³-hybridized carbons (Fsp3) is 0.333. The highest BCUT2D eigenvalue weighted by molar-refractivity contribution is 5.80. The smallest absolute Gasteiger partial charge is 0.305 e. The Bertz CT molecular complexity index is 629. The van der Waals surface area contributed by atoms with Crippen LogP contribution in [0.15, 0.2) is 36.4 Å². The maximum Gasteiger partial charge on any atom is 0.305 e. The number of rotatable bonds is 3. The van der Waals surface area contributed by atoms with E-state index < -0.39 is 5.97 Å². The molecule has 0 saturated carbocycles. The lowest BCUT2D eigenvalue weighted by Crippen LogP contribution is -2.47. The first kappa shape index (κ1) is 12.9. The second-order valence-corrected chi connectivity index (χ2v) is 4.88. The number of hydrogen-bond acceptors (Lipinski definition) is 4. The SMILES string of the molecule is O=C(O)CC1COCCN1c1ccc2ccccc2n1. The molecule has 1 N–H and O–H groups in total. The molecule has 1 aliphatic rings. The quantitative estimate of drug-likeness (QED) is 0.924. The van der Waals surface area contributed by atoms with E-state index in [1.54, 1.807) is 0 Å². The number of pyridine rings is 1. The van der Waals surface area contributed by atoms with Crippen LogP contribution in [0.2, 0.25) is 0 Å². The zero-order valence-electron chi connectivity index (χ0n) is 11.0. The molecule has 20 heavy (non-hydrogen) atoms. The Kier molecular flexibility index (Phi) is 3.52. The van der Waals surface area contributed by atoms with Gasteiger partial charge >= 0.3 is 5.97 Å². The van der Waals surface area contributed by atoms with E-state index in [9.17, 15) is 4.79 Å². The van der Waals surface area contributed by atoms with Gasteiger partial charge in [0, 0.05) is 11.9 Å². The van der Waals surface area contributed by atoms with E-state index in [0.29, 0.717) is 19.8 Å². The average molecular weight is 272 g/mol. The van der Waals surface area contributed by atoms with Gasteiger partial charge in [0.05, 0.1) is 31.2 Å². The topological polar surface area (TPSA) is 62.7 Å². The molecule has 5 heteroatoms. The Morgan fingerprint density at radius 3 is 3.05 bits per heavy atom. The fourth-order valence-electron chi connectivity index (χ4n) is 2.54. The molecule has 2 heterocycles. The van der Waals surface area contributed by atoms with Crippen LogP contribution >= 0.6 is 0 Å². The highest BCUT2D eigenvalue weighted by Gasteiger charge is 2.26. The van der Waals surface area contributed by atoms with Crippen LogP contribution in [0.1, 0.15) is 6.42 Å². The van der Waals surface area contributed by atoms with Crippen molar-refractivity contribution in [3.63, 3.8) is 0 Å². The fourth-order valence-corrected chi connectivity index (χ4v) is 2.54. The first-order valence-electron chi connectivity index (χ1n) is 6.66. The van der Waals surface area contributed by atoms with Crippen LogP contribution in [0.4, 0.5) is 5.82 Å². The third-order valence-electron chi connectivity index (χ3n) is 3.52. The molecule has 2 aromatic rings. The van der Waals surface area contributed by atoms with Gasteiger partial charge in [-0.25, -0.2) is 4.98 Å². The number of carbonyl (C=O) groups is 1. The Balaban J connectivity index is 1.92. The van der Waals surface area contributed by atoms with Crippen LogP contribution in [0.5, 0.6) is 0 Å². The lowest BCUT2D eigenvalue weighted by atomic mass is 10.1. The maximum atomic E-state index is 11.0. The summed E-state index contributed by atoms with van der Waals surface area (Å²) in [6.45, 7) is 1.70. The van der Waals surface area contributed by atoms with Crippen LogP contribution in [-0.2, 0) is 9.53 Å². The normalized spacial score (nSPS) is 19.2. The molecule has 104 valence electrons. The van der Waals surface area contributed by atoms with Gasteiger partial charge in [-0.1, -0.05) is 18.2 Å². The summed E-state index contributed by atoms with van der Waals surface area (Å²) in [5.41, 5.74) is 0.922. The minimum Gasteiger partial charge on any atom is -0.481 e. The summed E-state index contributed by atoms with van der Waals surface area (Å²) in [5, 5.41) is 10.1. The van der Waals surface area contributed by atoms with Gasteiger partial charge in [0.15, 0.2) is 0 Å². The van der Waals surface area contributed by atoms with Gasteiger partial charge < -0.3 is 14.7 Å². The molecule has 0 aliphatic carbocycles. The van der Waals surface area contributed by atoms with E-state index >= 15 is 0 Å². The van der Waals surface area contributed by atoms with Crippen molar-refractivity contribution in [2.45, 2.75) is 12.5 Å². The number of hydrogen-bond donors (Lipinski definition) is 1. The molecular formula is C15H16N2O3. The van der Waals surface area contributed by atoms with Crippen molar-refractivity contribution in [3.8, 4) is 0 Å². The lowest BCUT2D eigenvalue weighted by molar-refractivity contribution is -0.138. The standard InChI is InChI=1S/C15H16N2O3/c18-15(19)9-12-10-20-8-7-17(12)14-6-5-11-3-1-2-4-13(11)16-14/h1-6,12H,7-10H2,(H,18,19). The zero-order valence-corrected chi connectivity index (χ0v) is 11.0. The van der Waals surface area contributed by atoms with Crippen LogP contribution in [0, 0.1) is 0 Å². The number of aliphatic carboxylic acids is 1. The summed E-state index contributed by atoms with van der Waals surface area (Å²) in [5.74, 6) is 0.00420. The highest BCUT2D eigenvalue weighted by Crippen LogP contribution is 2.22. The van der Waals surface area contributed by atoms with Gasteiger partial charge in [-0.3, -0.25) is 4.79 Å². The average Bonchev–Trinajstić information content (AvgIpc) is 2.47. The molecule has 3 rings (SSSR count). The van der Waals surface area contributed by atoms with Crippen LogP contribution in [0.25, 0.3) is 10.9 Å². The first-order valence-corrected chi connectivity index (χ1v) is 6.66. The van der Waals surface area contributed by atoms with Gasteiger partial charge in [-0.15, -0.1) is 0 Å². The van der Waals surface area contributed by atoms with E-state index in [1.165, 1.54) is 0 Å². The third-order valence-corrected chi connectivity index (χ3v) is 3.52. The molecule has 0 spiro atoms. The predicted molar refractivity (Wildman–Crippen MR) is 75.9 cm³/mol. The number of carboxylic acid groups (broad SMARTS) is 1. The minimum atomic E-state index is -0.814. The van der Waals surface area contributed by atoms with Crippen molar-refractivity contribution >= 4 is 22.7 Å². The molecule has 0 radical (unpaired) electrons. The lowest BCUT2D eigenvalue weighted by Gasteiger charge is -2.35. The number of fused-ring (bicyclic) bond motifs is 1. The maximum absolute atomic E-state index is 11.0. The summed E-state index contributed by atoms with van der Waals surface area (Å²) >= 11 is 0. The molecule has 1 fully saturated rings. The molecule has 1 saturated heterocycles. The first-order chi connectivity index (χ1) is 9.74. The van der Waals surface area contributed by atoms with Gasteiger partial charge in [0.1, 0.15) is 5.82 Å². The van der Waals surface area contributed by atoms with E-state index in [2.05, 4.69) is 4.98 Å². The second-order valence-electron chi connectivity index (χ2n) is 4.88. The number of aromatic nitrogens is 1. The number of benzene rings is 1. The number of anilines is 1. The Hall–Kier alpha value is -2.14. The van der Waals surface area contributed by atoms with E-state index in [1.807, 2.05) is 41.3 Å². The molecule has 1 aliphatic heterocycles. The molecule has 1 aromatic heterocycles. The highest BCUT2D eigenvalue weighted by atomic mass is 16.5. The molecule has 1 unspecified atom stereocenters. The zero-order chi connectivity index (χ0) is 13.9. The largest absolute Gasteiger partial charge is 0.481 e. The monoisotopic (exact) mass is 272 g/mol. The number of morpholine rings is 1. The van der Waals surface area contributed by atoms with E-state index in [0.717, 1.165) is 16.7 Å². The Morgan fingerprint density at radius 2 is 2.20 bits per heavy atom. The summed E-state index contributed by atoms with van der Waals surface area (Å²) in [4.78, 5) is 17.6. The van der Waals surface area contributed by atoms with Crippen molar-refractivity contribution in [1.82, 2.24) is 4.98 Å². The van der Waals surface area contributed by atoms with E-state index in [-0.39, 0.29) is 12.5 Å². The van der Waals surface area contributed by atoms with Gasteiger partial charge in [0.25, 0.3) is 0 Å². The van der Waals surface area contributed by atoms with Crippen molar-refractivity contribution in [2.75, 3.05) is 24.7 Å². The number of ether oxygens (including phenoxy) is 1. The molecule has 0 bridgehead atoms. The molecule has 1 aromatic carbocycles. The van der Waals surface area contributed by atoms with Crippen LogP contribution in [-0.4, -0.2) is 41.9 Å². The number of para-hydroxylation sites is 1. The van der Waals surface area contributed by atoms with Crippen LogP contribution < -0.4 is 4.90 Å². The Morgan fingerprint density at radius 1 is 1.35 bits per heavy atom. The van der Waals surface area contributed by atoms with Gasteiger partial charge in [-0.05, 0) is 18.2 Å². The summed E-state index contributed by atoms with van der Waals surface area (Å²) in [6, 6.07) is 11.7. The van der Waals surface area contributed by atoms with Gasteiger partial charge in [0.2, 0.25) is 0 Å². The predicted octanol–water partition coefficient (Wildman–Crippen LogP) is 1.91. The molecular weight excluding hydrogens is 256 g/mol. The summed E-state index contributed by atoms with van der Waals surface area (Å²) < 4.78 is 5.39. The summed E-state index contributed by atoms with van der Waals surface area (Å²) in [7, 11) is 0. The van der Waals surface area contributed by atoms with Crippen molar-refractivity contribution in [3.05, 3.63) is 36.4 Å². The second kappa shape index (κ2) is 5.46. The third kappa shape index (κ3) is 2.58. The Labute approximate surface area is 116 Å². The van der Waals surface area contributed by atoms with E-state index in [4.69, 9.17) is 9.84 Å². The van der Waals surface area contributed by atoms with Crippen molar-refractivity contribution < 1.29 is 14.6 Å². The van der Waals surface area contributed by atoms with Gasteiger partial charge in [-0.2, -0.15) is 0 Å². The van der Waals surface area contributed by atoms with Crippen molar-refractivity contribution in [2.24, 2.45) is 0 Å². The summed E-state index contributed by atoms with van der Waals surface area (Å²) in [6.07, 6.45) is 0.0640.